The van der Waals surface area contributed by atoms with Gasteiger partial charge in [0, 0.05) is 11.8 Å². The van der Waals surface area contributed by atoms with Crippen molar-refractivity contribution in [3.05, 3.63) is 0 Å². The maximum absolute atomic E-state index is 11.3. The third-order valence-corrected chi connectivity index (χ3v) is 1.75. The molecule has 12 heavy (non-hydrogen) atoms. The number of carboxylic acids is 1. The van der Waals surface area contributed by atoms with Gasteiger partial charge < -0.3 is 5.11 Å². The molecule has 0 saturated carbocycles. The van der Waals surface area contributed by atoms with E-state index >= 15 is 0 Å². The van der Waals surface area contributed by atoms with Gasteiger partial charge in [-0.05, 0) is 0 Å². The maximum Gasteiger partial charge on any atom is 0.306 e. The van der Waals surface area contributed by atoms with E-state index in [1.807, 2.05) is 0 Å². The highest BCUT2D eigenvalue weighted by Crippen LogP contribution is 2.19. The quantitative estimate of drug-likeness (QED) is 0.705. The summed E-state index contributed by atoms with van der Waals surface area (Å²) in [6, 6.07) is 0. The zero-order valence-corrected chi connectivity index (χ0v) is 8.05. The fourth-order valence-electron chi connectivity index (χ4n) is 0.672. The van der Waals surface area contributed by atoms with Gasteiger partial charge in [-0.2, -0.15) is 0 Å². The predicted octanol–water partition coefficient (Wildman–Crippen LogP) is 1.71. The normalized spacial score (nSPS) is 14.0. The third-order valence-electron chi connectivity index (χ3n) is 1.75. The molecule has 1 atom stereocenters. The summed E-state index contributed by atoms with van der Waals surface area (Å²) in [7, 11) is 0. The fourth-order valence-corrected chi connectivity index (χ4v) is 0.672. The highest BCUT2D eigenvalue weighted by molar-refractivity contribution is 5.87. The molecule has 0 amide bonds. The minimum atomic E-state index is -0.910. The number of carbonyl (C=O) groups excluding carboxylic acids is 1. The molecule has 0 aliphatic rings. The molecule has 0 aromatic rings. The Morgan fingerprint density at radius 3 is 2.00 bits per heavy atom. The van der Waals surface area contributed by atoms with Crippen molar-refractivity contribution in [1.29, 1.82) is 0 Å². The number of hydrogen-bond acceptors (Lipinski definition) is 2. The number of Topliss-reactive ketones (excluding diaryl/α,β-unsaturated/α-hetero) is 1. The van der Waals surface area contributed by atoms with Gasteiger partial charge in [-0.25, -0.2) is 0 Å². The monoisotopic (exact) mass is 172 g/mol. The number of rotatable bonds is 3. The van der Waals surface area contributed by atoms with Crippen molar-refractivity contribution in [3.8, 4) is 0 Å². The standard InChI is InChI=1S/C9H16O3/c1-6(8(11)12)5-7(10)9(2,3)4/h6H,5H2,1-4H3,(H,11,12). The number of ketones is 1. The Morgan fingerprint density at radius 2 is 1.75 bits per heavy atom. The van der Waals surface area contributed by atoms with Gasteiger partial charge in [0.15, 0.2) is 0 Å². The molecule has 0 fully saturated rings. The van der Waals surface area contributed by atoms with Crippen molar-refractivity contribution in [2.24, 2.45) is 11.3 Å². The molecular formula is C9H16O3. The van der Waals surface area contributed by atoms with Crippen LogP contribution in [0.25, 0.3) is 0 Å². The number of aliphatic carboxylic acids is 1. The van der Waals surface area contributed by atoms with Crippen LogP contribution in [0.15, 0.2) is 0 Å². The van der Waals surface area contributed by atoms with Crippen molar-refractivity contribution in [2.75, 3.05) is 0 Å². The number of carboxylic acid groups (broad SMARTS) is 1. The highest BCUT2D eigenvalue weighted by atomic mass is 16.4. The molecule has 0 rings (SSSR count). The van der Waals surface area contributed by atoms with Gasteiger partial charge in [0.05, 0.1) is 5.92 Å². The molecule has 3 heteroatoms. The average Bonchev–Trinajstić information content (AvgIpc) is 1.85. The van der Waals surface area contributed by atoms with Gasteiger partial charge >= 0.3 is 5.97 Å². The van der Waals surface area contributed by atoms with Gasteiger partial charge in [-0.1, -0.05) is 27.7 Å². The summed E-state index contributed by atoms with van der Waals surface area (Å²) < 4.78 is 0. The molecule has 0 saturated heterocycles. The number of hydrogen-bond donors (Lipinski definition) is 1. The molecule has 0 heterocycles. The maximum atomic E-state index is 11.3. The van der Waals surface area contributed by atoms with Crippen LogP contribution in [0, 0.1) is 11.3 Å². The van der Waals surface area contributed by atoms with Crippen LogP contribution >= 0.6 is 0 Å². The molecule has 0 aromatic heterocycles. The number of carbonyl (C=O) groups is 2. The van der Waals surface area contributed by atoms with Gasteiger partial charge in [0.1, 0.15) is 5.78 Å². The first-order valence-electron chi connectivity index (χ1n) is 4.01. The minimum Gasteiger partial charge on any atom is -0.481 e. The summed E-state index contributed by atoms with van der Waals surface area (Å²) >= 11 is 0. The Morgan fingerprint density at radius 1 is 1.33 bits per heavy atom. The molecule has 1 unspecified atom stereocenters. The van der Waals surface area contributed by atoms with Gasteiger partial charge in [0.2, 0.25) is 0 Å². The van der Waals surface area contributed by atoms with Gasteiger partial charge in [0.25, 0.3) is 0 Å². The summed E-state index contributed by atoms with van der Waals surface area (Å²) in [6.45, 7) is 6.93. The first-order chi connectivity index (χ1) is 5.25. The average molecular weight is 172 g/mol. The smallest absolute Gasteiger partial charge is 0.306 e. The molecule has 0 bridgehead atoms. The van der Waals surface area contributed by atoms with E-state index in [9.17, 15) is 9.59 Å². The zero-order valence-electron chi connectivity index (χ0n) is 8.05. The summed E-state index contributed by atoms with van der Waals surface area (Å²) in [4.78, 5) is 21.7. The van der Waals surface area contributed by atoms with E-state index in [4.69, 9.17) is 5.11 Å². The van der Waals surface area contributed by atoms with Crippen LogP contribution in [0.4, 0.5) is 0 Å². The predicted molar refractivity (Wildman–Crippen MR) is 45.9 cm³/mol. The second-order valence-corrected chi connectivity index (χ2v) is 4.12. The van der Waals surface area contributed by atoms with E-state index in [-0.39, 0.29) is 12.2 Å². The molecule has 0 aromatic carbocycles. The molecule has 0 aliphatic heterocycles. The lowest BCUT2D eigenvalue weighted by atomic mass is 9.86. The Kier molecular flexibility index (Phi) is 3.43. The zero-order chi connectivity index (χ0) is 9.94. The lowest BCUT2D eigenvalue weighted by Gasteiger charge is -2.17. The molecule has 0 spiro atoms. The van der Waals surface area contributed by atoms with Crippen molar-refractivity contribution < 1.29 is 14.7 Å². The van der Waals surface area contributed by atoms with Gasteiger partial charge in [-0.15, -0.1) is 0 Å². The van der Waals surface area contributed by atoms with E-state index in [2.05, 4.69) is 0 Å². The second kappa shape index (κ2) is 3.70. The Bertz CT molecular complexity index is 188. The van der Waals surface area contributed by atoms with E-state index in [1.54, 1.807) is 27.7 Å². The van der Waals surface area contributed by atoms with Crippen LogP contribution in [-0.4, -0.2) is 16.9 Å². The summed E-state index contributed by atoms with van der Waals surface area (Å²) in [5.74, 6) is -1.48. The van der Waals surface area contributed by atoms with Crippen LogP contribution in [-0.2, 0) is 9.59 Å². The molecular weight excluding hydrogens is 156 g/mol. The van der Waals surface area contributed by atoms with E-state index < -0.39 is 17.3 Å². The van der Waals surface area contributed by atoms with Crippen molar-refractivity contribution >= 4 is 11.8 Å². The second-order valence-electron chi connectivity index (χ2n) is 4.12. The first-order valence-corrected chi connectivity index (χ1v) is 4.01. The fraction of sp³-hybridized carbons (Fsp3) is 0.778. The van der Waals surface area contributed by atoms with E-state index in [0.29, 0.717) is 0 Å². The van der Waals surface area contributed by atoms with E-state index in [1.165, 1.54) is 0 Å². The Hall–Kier alpha value is -0.860. The summed E-state index contributed by atoms with van der Waals surface area (Å²) in [6.07, 6.45) is 0.124. The molecule has 70 valence electrons. The van der Waals surface area contributed by atoms with Crippen LogP contribution in [0.3, 0.4) is 0 Å². The van der Waals surface area contributed by atoms with Crippen molar-refractivity contribution in [3.63, 3.8) is 0 Å². The largest absolute Gasteiger partial charge is 0.481 e. The minimum absolute atomic E-state index is 0.00241. The van der Waals surface area contributed by atoms with Crippen LogP contribution < -0.4 is 0 Å². The van der Waals surface area contributed by atoms with Crippen LogP contribution in [0.5, 0.6) is 0 Å². The Labute approximate surface area is 72.8 Å². The lowest BCUT2D eigenvalue weighted by Crippen LogP contribution is -2.24. The first kappa shape index (κ1) is 11.1. The molecule has 0 radical (unpaired) electrons. The van der Waals surface area contributed by atoms with Crippen molar-refractivity contribution in [2.45, 2.75) is 34.1 Å². The lowest BCUT2D eigenvalue weighted by molar-refractivity contribution is -0.144. The Balaban J connectivity index is 4.11. The van der Waals surface area contributed by atoms with Crippen LogP contribution in [0.1, 0.15) is 34.1 Å². The third kappa shape index (κ3) is 3.51. The summed E-state index contributed by atoms with van der Waals surface area (Å²) in [5, 5.41) is 8.54. The molecule has 1 N–H and O–H groups in total. The molecule has 3 nitrogen and oxygen atoms in total. The van der Waals surface area contributed by atoms with Crippen LogP contribution in [0.2, 0.25) is 0 Å². The molecule has 0 aliphatic carbocycles. The SMILES string of the molecule is CC(CC(=O)C(C)(C)C)C(=O)O. The van der Waals surface area contributed by atoms with E-state index in [0.717, 1.165) is 0 Å². The topological polar surface area (TPSA) is 54.4 Å². The van der Waals surface area contributed by atoms with Crippen molar-refractivity contribution in [1.82, 2.24) is 0 Å². The highest BCUT2D eigenvalue weighted by Gasteiger charge is 2.25. The summed E-state index contributed by atoms with van der Waals surface area (Å²) in [5.41, 5.74) is -0.427. The van der Waals surface area contributed by atoms with Gasteiger partial charge in [-0.3, -0.25) is 9.59 Å².